The number of likely N-dealkylation sites (N-methyl/N-ethyl adjacent to an activating group) is 3. The third kappa shape index (κ3) is 7.74. The van der Waals surface area contributed by atoms with Crippen molar-refractivity contribution in [2.45, 2.75) is 40.2 Å². The average molecular weight is 243 g/mol. The summed E-state index contributed by atoms with van der Waals surface area (Å²) in [6, 6.07) is 0. The molecule has 0 bridgehead atoms. The SMILES string of the molecule is CCN(CC)CCN(C)CCN(C)C(C)(C)C. The third-order valence-electron chi connectivity index (χ3n) is 3.65. The Morgan fingerprint density at radius 1 is 0.765 bits per heavy atom. The van der Waals surface area contributed by atoms with Gasteiger partial charge in [-0.25, -0.2) is 0 Å². The Balaban J connectivity index is 3.76. The summed E-state index contributed by atoms with van der Waals surface area (Å²) < 4.78 is 0. The summed E-state index contributed by atoms with van der Waals surface area (Å²) in [5, 5.41) is 0. The lowest BCUT2D eigenvalue weighted by Gasteiger charge is -2.33. The largest absolute Gasteiger partial charge is 0.304 e. The number of nitrogens with zero attached hydrogens (tertiary/aromatic N) is 3. The summed E-state index contributed by atoms with van der Waals surface area (Å²) in [5.74, 6) is 0. The second-order valence-electron chi connectivity index (χ2n) is 5.92. The Morgan fingerprint density at radius 3 is 1.65 bits per heavy atom. The van der Waals surface area contributed by atoms with Gasteiger partial charge in [-0.3, -0.25) is 0 Å². The van der Waals surface area contributed by atoms with Crippen LogP contribution in [0, 0.1) is 0 Å². The second kappa shape index (κ2) is 8.06. The van der Waals surface area contributed by atoms with E-state index < -0.39 is 0 Å². The lowest BCUT2D eigenvalue weighted by atomic mass is 10.1. The van der Waals surface area contributed by atoms with Crippen LogP contribution in [0.15, 0.2) is 0 Å². The molecule has 0 spiro atoms. The smallest absolute Gasteiger partial charge is 0.0122 e. The quantitative estimate of drug-likeness (QED) is 0.645. The van der Waals surface area contributed by atoms with Crippen LogP contribution in [0.25, 0.3) is 0 Å². The molecule has 0 aliphatic carbocycles. The maximum atomic E-state index is 2.48. The first-order valence-corrected chi connectivity index (χ1v) is 6.93. The van der Waals surface area contributed by atoms with E-state index in [1.807, 2.05) is 0 Å². The van der Waals surface area contributed by atoms with Crippen LogP contribution < -0.4 is 0 Å². The monoisotopic (exact) mass is 243 g/mol. The summed E-state index contributed by atoms with van der Waals surface area (Å²) in [7, 11) is 4.43. The van der Waals surface area contributed by atoms with E-state index >= 15 is 0 Å². The number of rotatable bonds is 8. The average Bonchev–Trinajstić information content (AvgIpc) is 2.25. The molecule has 0 aliphatic rings. The molecule has 0 aromatic heterocycles. The molecule has 0 amide bonds. The van der Waals surface area contributed by atoms with Crippen molar-refractivity contribution in [1.82, 2.24) is 14.7 Å². The third-order valence-corrected chi connectivity index (χ3v) is 3.65. The van der Waals surface area contributed by atoms with Crippen molar-refractivity contribution in [3.63, 3.8) is 0 Å². The lowest BCUT2D eigenvalue weighted by molar-refractivity contribution is 0.149. The Morgan fingerprint density at radius 2 is 1.24 bits per heavy atom. The highest BCUT2D eigenvalue weighted by Crippen LogP contribution is 2.09. The molecular formula is C14H33N3. The van der Waals surface area contributed by atoms with Crippen molar-refractivity contribution < 1.29 is 0 Å². The van der Waals surface area contributed by atoms with Crippen molar-refractivity contribution in [2.75, 3.05) is 53.4 Å². The molecule has 17 heavy (non-hydrogen) atoms. The first-order chi connectivity index (χ1) is 7.81. The minimum Gasteiger partial charge on any atom is -0.304 e. The molecule has 0 unspecified atom stereocenters. The molecule has 0 fully saturated rings. The van der Waals surface area contributed by atoms with Crippen molar-refractivity contribution in [2.24, 2.45) is 0 Å². The number of hydrogen-bond donors (Lipinski definition) is 0. The van der Waals surface area contributed by atoms with Gasteiger partial charge in [-0.15, -0.1) is 0 Å². The summed E-state index contributed by atoms with van der Waals surface area (Å²) >= 11 is 0. The summed E-state index contributed by atoms with van der Waals surface area (Å²) in [5.41, 5.74) is 0.277. The van der Waals surface area contributed by atoms with E-state index in [2.05, 4.69) is 63.4 Å². The lowest BCUT2D eigenvalue weighted by Crippen LogP contribution is -2.43. The van der Waals surface area contributed by atoms with Crippen LogP contribution in [0.2, 0.25) is 0 Å². The van der Waals surface area contributed by atoms with Gasteiger partial charge < -0.3 is 14.7 Å². The molecule has 0 aliphatic heterocycles. The van der Waals surface area contributed by atoms with Gasteiger partial charge in [-0.2, -0.15) is 0 Å². The predicted octanol–water partition coefficient (Wildman–Crippen LogP) is 1.99. The van der Waals surface area contributed by atoms with Gasteiger partial charge in [0.1, 0.15) is 0 Å². The van der Waals surface area contributed by atoms with Crippen LogP contribution in [0.1, 0.15) is 34.6 Å². The first-order valence-electron chi connectivity index (χ1n) is 6.93. The molecule has 0 atom stereocenters. The van der Waals surface area contributed by atoms with E-state index in [-0.39, 0.29) is 5.54 Å². The molecule has 3 nitrogen and oxygen atoms in total. The van der Waals surface area contributed by atoms with Gasteiger partial charge in [0, 0.05) is 31.7 Å². The van der Waals surface area contributed by atoms with Crippen LogP contribution in [0.4, 0.5) is 0 Å². The highest BCUT2D eigenvalue weighted by molar-refractivity contribution is 4.73. The van der Waals surface area contributed by atoms with Gasteiger partial charge in [-0.05, 0) is 48.0 Å². The van der Waals surface area contributed by atoms with Gasteiger partial charge >= 0.3 is 0 Å². The van der Waals surface area contributed by atoms with E-state index in [0.29, 0.717) is 0 Å². The highest BCUT2D eigenvalue weighted by Gasteiger charge is 2.16. The summed E-state index contributed by atoms with van der Waals surface area (Å²) in [6.45, 7) is 18.2. The summed E-state index contributed by atoms with van der Waals surface area (Å²) in [6.07, 6.45) is 0. The van der Waals surface area contributed by atoms with E-state index in [1.54, 1.807) is 0 Å². The molecule has 0 heterocycles. The van der Waals surface area contributed by atoms with Crippen molar-refractivity contribution in [1.29, 1.82) is 0 Å². The van der Waals surface area contributed by atoms with E-state index in [1.165, 1.54) is 13.1 Å². The number of hydrogen-bond acceptors (Lipinski definition) is 3. The molecule has 0 aromatic rings. The maximum absolute atomic E-state index is 2.48. The fourth-order valence-corrected chi connectivity index (χ4v) is 1.62. The Kier molecular flexibility index (Phi) is 8.01. The molecule has 0 radical (unpaired) electrons. The van der Waals surface area contributed by atoms with Crippen LogP contribution >= 0.6 is 0 Å². The molecule has 3 heteroatoms. The fourth-order valence-electron chi connectivity index (χ4n) is 1.62. The van der Waals surface area contributed by atoms with Gasteiger partial charge in [0.15, 0.2) is 0 Å². The Hall–Kier alpha value is -0.120. The van der Waals surface area contributed by atoms with Gasteiger partial charge in [0.25, 0.3) is 0 Å². The van der Waals surface area contributed by atoms with Crippen LogP contribution in [0.5, 0.6) is 0 Å². The summed E-state index contributed by atoms with van der Waals surface area (Å²) in [4.78, 5) is 7.32. The van der Waals surface area contributed by atoms with Crippen LogP contribution in [-0.4, -0.2) is 73.6 Å². The normalized spacial score (nSPS) is 13.1. The van der Waals surface area contributed by atoms with E-state index in [0.717, 1.165) is 26.2 Å². The van der Waals surface area contributed by atoms with Gasteiger partial charge in [0.05, 0.1) is 0 Å². The fraction of sp³-hybridized carbons (Fsp3) is 1.00. The van der Waals surface area contributed by atoms with Crippen molar-refractivity contribution in [3.05, 3.63) is 0 Å². The minimum atomic E-state index is 0.277. The maximum Gasteiger partial charge on any atom is 0.0122 e. The minimum absolute atomic E-state index is 0.277. The molecule has 0 N–H and O–H groups in total. The first kappa shape index (κ1) is 16.9. The van der Waals surface area contributed by atoms with E-state index in [9.17, 15) is 0 Å². The molecule has 0 aromatic carbocycles. The van der Waals surface area contributed by atoms with Gasteiger partial charge in [-0.1, -0.05) is 13.8 Å². The second-order valence-corrected chi connectivity index (χ2v) is 5.92. The van der Waals surface area contributed by atoms with Crippen LogP contribution in [-0.2, 0) is 0 Å². The molecule has 0 saturated heterocycles. The van der Waals surface area contributed by atoms with E-state index in [4.69, 9.17) is 0 Å². The molecule has 0 saturated carbocycles. The zero-order valence-electron chi connectivity index (χ0n) is 13.1. The topological polar surface area (TPSA) is 9.72 Å². The van der Waals surface area contributed by atoms with Gasteiger partial charge in [0.2, 0.25) is 0 Å². The Labute approximate surface area is 109 Å². The molecular weight excluding hydrogens is 210 g/mol. The highest BCUT2D eigenvalue weighted by atomic mass is 15.2. The predicted molar refractivity (Wildman–Crippen MR) is 77.7 cm³/mol. The zero-order chi connectivity index (χ0) is 13.5. The van der Waals surface area contributed by atoms with Crippen molar-refractivity contribution >= 4 is 0 Å². The zero-order valence-corrected chi connectivity index (χ0v) is 13.1. The molecule has 104 valence electrons. The molecule has 0 rings (SSSR count). The standard InChI is InChI=1S/C14H33N3/c1-8-17(9-2)13-11-15(6)10-12-16(7)14(3,4)5/h8-13H2,1-7H3. The van der Waals surface area contributed by atoms with Crippen molar-refractivity contribution in [3.8, 4) is 0 Å². The Bertz CT molecular complexity index is 182. The van der Waals surface area contributed by atoms with Crippen LogP contribution in [0.3, 0.4) is 0 Å².